The lowest BCUT2D eigenvalue weighted by Gasteiger charge is -2.18. The van der Waals surface area contributed by atoms with Crippen molar-refractivity contribution < 1.29 is 4.79 Å². The minimum Gasteiger partial charge on any atom is -0.351 e. The molecule has 0 spiro atoms. The first-order valence-electron chi connectivity index (χ1n) is 4.93. The molecule has 2 nitrogen and oxygen atoms in total. The second kappa shape index (κ2) is 4.67. The summed E-state index contributed by atoms with van der Waals surface area (Å²) in [5, 5.41) is 3.35. The van der Waals surface area contributed by atoms with E-state index >= 15 is 0 Å². The molecule has 15 heavy (non-hydrogen) atoms. The van der Waals surface area contributed by atoms with Crippen LogP contribution in [0.4, 0.5) is 0 Å². The third-order valence-electron chi connectivity index (χ3n) is 1.90. The Kier molecular flexibility index (Phi) is 3.75. The molecule has 0 aliphatic heterocycles. The highest BCUT2D eigenvalue weighted by Crippen LogP contribution is 2.16. The van der Waals surface area contributed by atoms with Gasteiger partial charge in [0.15, 0.2) is 0 Å². The average Bonchev–Trinajstić information content (AvgIpc) is 2.14. The molecule has 0 heterocycles. The van der Waals surface area contributed by atoms with Gasteiger partial charge < -0.3 is 5.32 Å². The van der Waals surface area contributed by atoms with E-state index in [4.69, 9.17) is 11.6 Å². The number of rotatable bonds is 2. The number of hydrogen-bond donors (Lipinski definition) is 1. The van der Waals surface area contributed by atoms with E-state index in [1.165, 1.54) is 0 Å². The molecule has 0 radical (unpaired) electrons. The molecule has 3 heteroatoms. The summed E-state index contributed by atoms with van der Waals surface area (Å²) in [6.07, 6.45) is 0. The van der Waals surface area contributed by atoms with Crippen LogP contribution in [0.5, 0.6) is 0 Å². The minimum absolute atomic E-state index is 0.0803. The lowest BCUT2D eigenvalue weighted by Crippen LogP contribution is -2.32. The van der Waals surface area contributed by atoms with Gasteiger partial charge in [-0.25, -0.2) is 0 Å². The summed E-state index contributed by atoms with van der Waals surface area (Å²) in [5.74, 6) is -0.115. The molecule has 0 saturated carbocycles. The van der Waals surface area contributed by atoms with Gasteiger partial charge in [0.2, 0.25) is 0 Å². The van der Waals surface area contributed by atoms with Crippen molar-refractivity contribution in [1.82, 2.24) is 5.32 Å². The lowest BCUT2D eigenvalue weighted by molar-refractivity contribution is 0.0939. The van der Waals surface area contributed by atoms with E-state index in [1.54, 1.807) is 18.2 Å². The van der Waals surface area contributed by atoms with Crippen LogP contribution in [0.15, 0.2) is 24.3 Å². The van der Waals surface area contributed by atoms with E-state index in [0.29, 0.717) is 17.1 Å². The van der Waals surface area contributed by atoms with Gasteiger partial charge in [-0.3, -0.25) is 4.79 Å². The van der Waals surface area contributed by atoms with Crippen LogP contribution < -0.4 is 5.32 Å². The predicted octanol–water partition coefficient (Wildman–Crippen LogP) is 3.12. The fraction of sp³-hybridized carbons (Fsp3) is 0.417. The third-order valence-corrected chi connectivity index (χ3v) is 2.23. The zero-order valence-corrected chi connectivity index (χ0v) is 10.1. The first-order chi connectivity index (χ1) is 6.90. The largest absolute Gasteiger partial charge is 0.351 e. The summed E-state index contributed by atoms with van der Waals surface area (Å²) in [6.45, 7) is 6.84. The van der Waals surface area contributed by atoms with Crippen molar-refractivity contribution in [3.05, 3.63) is 34.9 Å². The van der Waals surface area contributed by atoms with Gasteiger partial charge in [-0.1, -0.05) is 44.5 Å². The monoisotopic (exact) mass is 225 g/mol. The predicted molar refractivity (Wildman–Crippen MR) is 63.2 cm³/mol. The molecule has 1 amide bonds. The van der Waals surface area contributed by atoms with Crippen molar-refractivity contribution in [1.29, 1.82) is 0 Å². The van der Waals surface area contributed by atoms with Gasteiger partial charge in [0.1, 0.15) is 0 Å². The second-order valence-corrected chi connectivity index (χ2v) is 5.13. The van der Waals surface area contributed by atoms with E-state index in [9.17, 15) is 4.79 Å². The van der Waals surface area contributed by atoms with Crippen LogP contribution in [-0.2, 0) is 0 Å². The van der Waals surface area contributed by atoms with Crippen molar-refractivity contribution in [2.24, 2.45) is 5.41 Å². The molecule has 1 rings (SSSR count). The Balaban J connectivity index is 2.66. The molecule has 0 saturated heterocycles. The smallest absolute Gasteiger partial charge is 0.252 e. The van der Waals surface area contributed by atoms with E-state index in [1.807, 2.05) is 6.07 Å². The van der Waals surface area contributed by atoms with Gasteiger partial charge in [0.05, 0.1) is 10.6 Å². The molecule has 0 bridgehead atoms. The molecular weight excluding hydrogens is 210 g/mol. The molecule has 82 valence electrons. The molecule has 0 aliphatic carbocycles. The highest BCUT2D eigenvalue weighted by molar-refractivity contribution is 6.33. The zero-order chi connectivity index (χ0) is 11.5. The highest BCUT2D eigenvalue weighted by atomic mass is 35.5. The maximum Gasteiger partial charge on any atom is 0.252 e. The summed E-state index contributed by atoms with van der Waals surface area (Å²) in [4.78, 5) is 11.7. The van der Waals surface area contributed by atoms with Crippen molar-refractivity contribution >= 4 is 17.5 Å². The average molecular weight is 226 g/mol. The van der Waals surface area contributed by atoms with Crippen molar-refractivity contribution in [2.75, 3.05) is 6.54 Å². The Morgan fingerprint density at radius 2 is 1.93 bits per heavy atom. The van der Waals surface area contributed by atoms with Crippen LogP contribution in [0.3, 0.4) is 0 Å². The van der Waals surface area contributed by atoms with Gasteiger partial charge in [-0.15, -0.1) is 0 Å². The number of nitrogens with one attached hydrogen (secondary N) is 1. The first kappa shape index (κ1) is 12.1. The van der Waals surface area contributed by atoms with Gasteiger partial charge in [-0.05, 0) is 17.5 Å². The number of halogens is 1. The summed E-state index contributed by atoms with van der Waals surface area (Å²) < 4.78 is 0. The van der Waals surface area contributed by atoms with Crippen LogP contribution in [0.2, 0.25) is 5.02 Å². The Bertz CT molecular complexity index is 355. The second-order valence-electron chi connectivity index (χ2n) is 4.72. The number of hydrogen-bond acceptors (Lipinski definition) is 1. The zero-order valence-electron chi connectivity index (χ0n) is 9.30. The molecule has 0 unspecified atom stereocenters. The molecule has 1 N–H and O–H groups in total. The summed E-state index contributed by atoms with van der Waals surface area (Å²) in [5.41, 5.74) is 0.611. The molecule has 1 aromatic carbocycles. The lowest BCUT2D eigenvalue weighted by atomic mass is 9.97. The van der Waals surface area contributed by atoms with Gasteiger partial charge in [0, 0.05) is 6.54 Å². The molecule has 0 aromatic heterocycles. The van der Waals surface area contributed by atoms with Gasteiger partial charge in [0.25, 0.3) is 5.91 Å². The Labute approximate surface area is 95.6 Å². The number of benzene rings is 1. The summed E-state index contributed by atoms with van der Waals surface area (Å²) in [7, 11) is 0. The minimum atomic E-state index is -0.115. The van der Waals surface area contributed by atoms with Crippen molar-refractivity contribution in [2.45, 2.75) is 20.8 Å². The normalized spacial score (nSPS) is 11.2. The van der Waals surface area contributed by atoms with E-state index in [-0.39, 0.29) is 11.3 Å². The van der Waals surface area contributed by atoms with Crippen LogP contribution in [0.1, 0.15) is 31.1 Å². The maximum atomic E-state index is 11.7. The molecular formula is C12H16ClNO. The molecule has 0 fully saturated rings. The van der Waals surface area contributed by atoms with Crippen LogP contribution in [0, 0.1) is 5.41 Å². The SMILES string of the molecule is CC(C)(C)CNC(=O)c1ccccc1Cl. The van der Waals surface area contributed by atoms with Crippen molar-refractivity contribution in [3.63, 3.8) is 0 Å². The topological polar surface area (TPSA) is 29.1 Å². The third kappa shape index (κ3) is 3.92. The molecule has 1 aromatic rings. The fourth-order valence-electron chi connectivity index (χ4n) is 1.09. The molecule has 0 aliphatic rings. The van der Waals surface area contributed by atoms with Gasteiger partial charge >= 0.3 is 0 Å². The van der Waals surface area contributed by atoms with Crippen LogP contribution in [0.25, 0.3) is 0 Å². The van der Waals surface area contributed by atoms with E-state index in [0.717, 1.165) is 0 Å². The van der Waals surface area contributed by atoms with Crippen LogP contribution in [-0.4, -0.2) is 12.5 Å². The van der Waals surface area contributed by atoms with E-state index in [2.05, 4.69) is 26.1 Å². The van der Waals surface area contributed by atoms with E-state index < -0.39 is 0 Å². The number of carbonyl (C=O) groups is 1. The maximum absolute atomic E-state index is 11.7. The Morgan fingerprint density at radius 1 is 1.33 bits per heavy atom. The number of amides is 1. The first-order valence-corrected chi connectivity index (χ1v) is 5.31. The Morgan fingerprint density at radius 3 is 2.47 bits per heavy atom. The highest BCUT2D eigenvalue weighted by Gasteiger charge is 2.14. The molecule has 0 atom stereocenters. The summed E-state index contributed by atoms with van der Waals surface area (Å²) >= 11 is 5.91. The Hall–Kier alpha value is -1.02. The van der Waals surface area contributed by atoms with Crippen LogP contribution >= 0.6 is 11.6 Å². The number of carbonyl (C=O) groups excluding carboxylic acids is 1. The summed E-state index contributed by atoms with van der Waals surface area (Å²) in [6, 6.07) is 7.05. The quantitative estimate of drug-likeness (QED) is 0.824. The standard InChI is InChI=1S/C12H16ClNO/c1-12(2,3)8-14-11(15)9-6-4-5-7-10(9)13/h4-7H,8H2,1-3H3,(H,14,15). The fourth-order valence-corrected chi connectivity index (χ4v) is 1.31. The van der Waals surface area contributed by atoms with Crippen molar-refractivity contribution in [3.8, 4) is 0 Å². The van der Waals surface area contributed by atoms with Gasteiger partial charge in [-0.2, -0.15) is 0 Å².